The van der Waals surface area contributed by atoms with E-state index >= 15 is 0 Å². The fourth-order valence-electron chi connectivity index (χ4n) is 4.50. The van der Waals surface area contributed by atoms with Gasteiger partial charge in [-0.3, -0.25) is 9.59 Å². The van der Waals surface area contributed by atoms with E-state index in [1.54, 1.807) is 63.1 Å². The molecule has 4 aromatic rings. The normalized spacial score (nSPS) is 13.1. The summed E-state index contributed by atoms with van der Waals surface area (Å²) in [7, 11) is 0. The third-order valence-electron chi connectivity index (χ3n) is 6.70. The molecular weight excluding hydrogens is 610 g/mol. The highest BCUT2D eigenvalue weighted by Crippen LogP contribution is 2.19. The van der Waals surface area contributed by atoms with Crippen LogP contribution in [0.3, 0.4) is 0 Å². The highest BCUT2D eigenvalue weighted by atomic mass is 79.9. The van der Waals surface area contributed by atoms with Crippen LogP contribution in [0.2, 0.25) is 5.02 Å². The zero-order chi connectivity index (χ0) is 28.9. The molecule has 0 radical (unpaired) electrons. The zero-order valence-corrected chi connectivity index (χ0v) is 24.5. The predicted molar refractivity (Wildman–Crippen MR) is 159 cm³/mol. The SMILES string of the molecule is Cc1cc(Br)ccc1C(=O)N1CCN(C(=O)c2cccc(-n3cc(CNC(=O)Nc4ccc(Cl)cc4)nn3)c2)CC1. The number of aromatic nitrogens is 3. The molecule has 10 nitrogen and oxygen atoms in total. The second kappa shape index (κ2) is 12.5. The summed E-state index contributed by atoms with van der Waals surface area (Å²) in [6.45, 7) is 3.90. The molecular formula is C29H27BrClN7O3. The molecule has 1 aromatic heterocycles. The summed E-state index contributed by atoms with van der Waals surface area (Å²) in [5.41, 5.74) is 3.93. The number of halogens is 2. The van der Waals surface area contributed by atoms with E-state index in [9.17, 15) is 14.4 Å². The lowest BCUT2D eigenvalue weighted by atomic mass is 10.1. The van der Waals surface area contributed by atoms with E-state index in [4.69, 9.17) is 11.6 Å². The Morgan fingerprint density at radius 3 is 2.34 bits per heavy atom. The Morgan fingerprint density at radius 2 is 1.63 bits per heavy atom. The van der Waals surface area contributed by atoms with E-state index in [-0.39, 0.29) is 24.4 Å². The van der Waals surface area contributed by atoms with Gasteiger partial charge in [-0.1, -0.05) is 38.8 Å². The third kappa shape index (κ3) is 6.93. The van der Waals surface area contributed by atoms with Gasteiger partial charge in [0, 0.05) is 52.5 Å². The van der Waals surface area contributed by atoms with Gasteiger partial charge in [0.2, 0.25) is 0 Å². The van der Waals surface area contributed by atoms with Gasteiger partial charge in [0.05, 0.1) is 18.4 Å². The maximum absolute atomic E-state index is 13.3. The molecule has 0 unspecified atom stereocenters. The Hall–Kier alpha value is -4.22. The minimum Gasteiger partial charge on any atom is -0.335 e. The van der Waals surface area contributed by atoms with Crippen molar-refractivity contribution in [2.75, 3.05) is 31.5 Å². The monoisotopic (exact) mass is 635 g/mol. The number of anilines is 1. The van der Waals surface area contributed by atoms with E-state index < -0.39 is 0 Å². The van der Waals surface area contributed by atoms with Crippen LogP contribution in [0.4, 0.5) is 10.5 Å². The molecule has 2 heterocycles. The summed E-state index contributed by atoms with van der Waals surface area (Å²) < 4.78 is 2.49. The number of rotatable bonds is 6. The van der Waals surface area contributed by atoms with Gasteiger partial charge in [0.25, 0.3) is 11.8 Å². The van der Waals surface area contributed by atoms with Crippen LogP contribution in [0, 0.1) is 6.92 Å². The van der Waals surface area contributed by atoms with Crippen LogP contribution in [0.1, 0.15) is 32.0 Å². The number of nitrogens with zero attached hydrogens (tertiary/aromatic N) is 5. The van der Waals surface area contributed by atoms with Gasteiger partial charge < -0.3 is 20.4 Å². The van der Waals surface area contributed by atoms with Gasteiger partial charge in [-0.25, -0.2) is 9.48 Å². The standard InChI is InChI=1S/C29H27BrClN7O3/c1-19-15-21(30)5-10-26(19)28(40)37-13-11-36(12-14-37)27(39)20-3-2-4-25(16-20)38-18-24(34-35-38)17-32-29(41)33-23-8-6-22(31)7-9-23/h2-10,15-16,18H,11-14,17H2,1H3,(H2,32,33,41). The summed E-state index contributed by atoms with van der Waals surface area (Å²) in [6, 6.07) is 19.1. The molecule has 4 amide bonds. The average molecular weight is 637 g/mol. The average Bonchev–Trinajstić information content (AvgIpc) is 3.46. The number of aryl methyl sites for hydroxylation is 1. The predicted octanol–water partition coefficient (Wildman–Crippen LogP) is 4.91. The first-order chi connectivity index (χ1) is 19.8. The molecule has 12 heteroatoms. The lowest BCUT2D eigenvalue weighted by molar-refractivity contribution is 0.0535. The molecule has 0 aliphatic carbocycles. The van der Waals surface area contributed by atoms with Crippen LogP contribution in [0.25, 0.3) is 5.69 Å². The molecule has 0 atom stereocenters. The first-order valence-corrected chi connectivity index (χ1v) is 14.1. The van der Waals surface area contributed by atoms with Crippen molar-refractivity contribution in [3.8, 4) is 5.69 Å². The molecule has 0 saturated carbocycles. The number of urea groups is 1. The van der Waals surface area contributed by atoms with Gasteiger partial charge in [-0.05, 0) is 73.2 Å². The van der Waals surface area contributed by atoms with Crippen molar-refractivity contribution in [3.05, 3.63) is 105 Å². The van der Waals surface area contributed by atoms with E-state index in [1.165, 1.54) is 0 Å². The van der Waals surface area contributed by atoms with Crippen molar-refractivity contribution >= 4 is 51.1 Å². The minimum atomic E-state index is -0.386. The van der Waals surface area contributed by atoms with Crippen LogP contribution in [0.5, 0.6) is 0 Å². The van der Waals surface area contributed by atoms with Crippen LogP contribution >= 0.6 is 27.5 Å². The Morgan fingerprint density at radius 1 is 0.927 bits per heavy atom. The van der Waals surface area contributed by atoms with Crippen LogP contribution in [-0.2, 0) is 6.54 Å². The van der Waals surface area contributed by atoms with Crippen molar-refractivity contribution in [3.63, 3.8) is 0 Å². The molecule has 1 aliphatic heterocycles. The third-order valence-corrected chi connectivity index (χ3v) is 7.45. The largest absolute Gasteiger partial charge is 0.335 e. The number of nitrogens with one attached hydrogen (secondary N) is 2. The number of piperazine rings is 1. The van der Waals surface area contributed by atoms with E-state index in [1.807, 2.05) is 31.2 Å². The van der Waals surface area contributed by atoms with Gasteiger partial charge in [0.15, 0.2) is 0 Å². The first kappa shape index (κ1) is 28.3. The minimum absolute atomic E-state index is 0.0250. The van der Waals surface area contributed by atoms with Crippen molar-refractivity contribution in [2.24, 2.45) is 0 Å². The lowest BCUT2D eigenvalue weighted by Crippen LogP contribution is -2.50. The molecule has 210 valence electrons. The van der Waals surface area contributed by atoms with E-state index in [0.717, 1.165) is 10.0 Å². The summed E-state index contributed by atoms with van der Waals surface area (Å²) in [6.07, 6.45) is 1.70. The highest BCUT2D eigenvalue weighted by molar-refractivity contribution is 9.10. The number of amides is 4. The molecule has 41 heavy (non-hydrogen) atoms. The molecule has 0 spiro atoms. The maximum Gasteiger partial charge on any atom is 0.319 e. The van der Waals surface area contributed by atoms with Crippen molar-refractivity contribution in [1.29, 1.82) is 0 Å². The van der Waals surface area contributed by atoms with Gasteiger partial charge in [-0.15, -0.1) is 5.10 Å². The van der Waals surface area contributed by atoms with E-state index in [0.29, 0.717) is 59.4 Å². The number of carbonyl (C=O) groups excluding carboxylic acids is 3. The van der Waals surface area contributed by atoms with Crippen molar-refractivity contribution < 1.29 is 14.4 Å². The quantitative estimate of drug-likeness (QED) is 0.312. The van der Waals surface area contributed by atoms with Gasteiger partial charge in [0.1, 0.15) is 5.69 Å². The Bertz CT molecular complexity index is 1580. The highest BCUT2D eigenvalue weighted by Gasteiger charge is 2.26. The molecule has 1 fully saturated rings. The number of hydrogen-bond donors (Lipinski definition) is 2. The Labute approximate surface area is 250 Å². The Kier molecular flexibility index (Phi) is 8.65. The fourth-order valence-corrected chi connectivity index (χ4v) is 5.10. The van der Waals surface area contributed by atoms with Crippen LogP contribution in [0.15, 0.2) is 77.4 Å². The van der Waals surface area contributed by atoms with Crippen LogP contribution in [-0.4, -0.2) is 68.8 Å². The fraction of sp³-hybridized carbons (Fsp3) is 0.207. The second-order valence-corrected chi connectivity index (χ2v) is 10.9. The van der Waals surface area contributed by atoms with E-state index in [2.05, 4.69) is 36.9 Å². The lowest BCUT2D eigenvalue weighted by Gasteiger charge is -2.35. The molecule has 2 N–H and O–H groups in total. The second-order valence-electron chi connectivity index (χ2n) is 9.56. The number of hydrogen-bond acceptors (Lipinski definition) is 5. The molecule has 0 bridgehead atoms. The zero-order valence-electron chi connectivity index (χ0n) is 22.2. The Balaban J connectivity index is 1.16. The van der Waals surface area contributed by atoms with Crippen molar-refractivity contribution in [2.45, 2.75) is 13.5 Å². The summed E-state index contributed by atoms with van der Waals surface area (Å²) in [5, 5.41) is 14.3. The van der Waals surface area contributed by atoms with Crippen LogP contribution < -0.4 is 10.6 Å². The molecule has 3 aromatic carbocycles. The van der Waals surface area contributed by atoms with Crippen molar-refractivity contribution in [1.82, 2.24) is 30.1 Å². The number of carbonyl (C=O) groups is 3. The maximum atomic E-state index is 13.3. The topological polar surface area (TPSA) is 112 Å². The summed E-state index contributed by atoms with van der Waals surface area (Å²) in [4.78, 5) is 42.0. The first-order valence-electron chi connectivity index (χ1n) is 12.9. The van der Waals surface area contributed by atoms with Gasteiger partial charge >= 0.3 is 6.03 Å². The molecule has 1 aliphatic rings. The molecule has 1 saturated heterocycles. The molecule has 5 rings (SSSR count). The smallest absolute Gasteiger partial charge is 0.319 e. The van der Waals surface area contributed by atoms with Gasteiger partial charge in [-0.2, -0.15) is 0 Å². The number of benzene rings is 3. The summed E-state index contributed by atoms with van der Waals surface area (Å²) >= 11 is 9.30. The summed E-state index contributed by atoms with van der Waals surface area (Å²) in [5.74, 6) is -0.136.